The van der Waals surface area contributed by atoms with Gasteiger partial charge in [-0.1, -0.05) is 60.1 Å². The predicted molar refractivity (Wildman–Crippen MR) is 94.9 cm³/mol. The van der Waals surface area contributed by atoms with E-state index < -0.39 is 5.41 Å². The van der Waals surface area contributed by atoms with Crippen molar-refractivity contribution in [1.82, 2.24) is 0 Å². The number of amides is 1. The summed E-state index contributed by atoms with van der Waals surface area (Å²) in [6, 6.07) is 21.7. The SMILES string of the molecule is O=C(Nc1cccc2ccccc12)C1(c2ccc(Cl)cc2)CC1. The molecule has 0 saturated heterocycles. The lowest BCUT2D eigenvalue weighted by molar-refractivity contribution is -0.118. The first-order chi connectivity index (χ1) is 11.2. The second-order valence-corrected chi connectivity index (χ2v) is 6.51. The fourth-order valence-corrected chi connectivity index (χ4v) is 3.24. The van der Waals surface area contributed by atoms with Crippen molar-refractivity contribution in [2.24, 2.45) is 0 Å². The van der Waals surface area contributed by atoms with Crippen LogP contribution < -0.4 is 5.32 Å². The van der Waals surface area contributed by atoms with E-state index in [2.05, 4.69) is 17.4 Å². The molecular formula is C20H16ClNO. The molecule has 1 N–H and O–H groups in total. The zero-order valence-electron chi connectivity index (χ0n) is 12.6. The molecule has 0 aliphatic heterocycles. The van der Waals surface area contributed by atoms with Gasteiger partial charge in [0.1, 0.15) is 0 Å². The van der Waals surface area contributed by atoms with E-state index in [0.717, 1.165) is 34.9 Å². The molecule has 4 rings (SSSR count). The Bertz CT molecular complexity index is 876. The van der Waals surface area contributed by atoms with Crippen molar-refractivity contribution < 1.29 is 4.79 Å². The van der Waals surface area contributed by atoms with Gasteiger partial charge in [0, 0.05) is 16.1 Å². The summed E-state index contributed by atoms with van der Waals surface area (Å²) in [7, 11) is 0. The number of nitrogens with one attached hydrogen (secondary N) is 1. The second-order valence-electron chi connectivity index (χ2n) is 6.07. The predicted octanol–water partition coefficient (Wildman–Crippen LogP) is 5.16. The van der Waals surface area contributed by atoms with Crippen LogP contribution in [0.15, 0.2) is 66.7 Å². The molecule has 1 amide bonds. The van der Waals surface area contributed by atoms with E-state index in [1.54, 1.807) is 0 Å². The van der Waals surface area contributed by atoms with Crippen molar-refractivity contribution in [3.05, 3.63) is 77.3 Å². The van der Waals surface area contributed by atoms with Crippen LogP contribution in [0, 0.1) is 0 Å². The number of hydrogen-bond acceptors (Lipinski definition) is 1. The molecule has 2 nitrogen and oxygen atoms in total. The summed E-state index contributed by atoms with van der Waals surface area (Å²) in [6.45, 7) is 0. The summed E-state index contributed by atoms with van der Waals surface area (Å²) in [4.78, 5) is 12.9. The number of hydrogen-bond donors (Lipinski definition) is 1. The van der Waals surface area contributed by atoms with Crippen LogP contribution in [0.1, 0.15) is 18.4 Å². The van der Waals surface area contributed by atoms with Crippen molar-refractivity contribution in [1.29, 1.82) is 0 Å². The Kier molecular flexibility index (Phi) is 3.35. The van der Waals surface area contributed by atoms with Crippen LogP contribution in [-0.2, 0) is 10.2 Å². The number of halogens is 1. The number of carbonyl (C=O) groups is 1. The molecule has 3 heteroatoms. The van der Waals surface area contributed by atoms with Gasteiger partial charge >= 0.3 is 0 Å². The average Bonchev–Trinajstić information content (AvgIpc) is 3.38. The van der Waals surface area contributed by atoms with Crippen LogP contribution in [0.3, 0.4) is 0 Å². The smallest absolute Gasteiger partial charge is 0.235 e. The molecule has 1 aliphatic rings. The zero-order valence-corrected chi connectivity index (χ0v) is 13.3. The van der Waals surface area contributed by atoms with Crippen LogP contribution in [0.4, 0.5) is 5.69 Å². The molecular weight excluding hydrogens is 306 g/mol. The largest absolute Gasteiger partial charge is 0.325 e. The van der Waals surface area contributed by atoms with E-state index in [0.29, 0.717) is 5.02 Å². The molecule has 0 radical (unpaired) electrons. The maximum atomic E-state index is 12.9. The van der Waals surface area contributed by atoms with Crippen LogP contribution in [-0.4, -0.2) is 5.91 Å². The zero-order chi connectivity index (χ0) is 15.9. The van der Waals surface area contributed by atoms with Gasteiger partial charge < -0.3 is 5.32 Å². The molecule has 0 atom stereocenters. The third-order valence-electron chi connectivity index (χ3n) is 4.62. The number of benzene rings is 3. The molecule has 0 unspecified atom stereocenters. The van der Waals surface area contributed by atoms with Gasteiger partial charge in [0.05, 0.1) is 5.41 Å². The molecule has 3 aromatic carbocycles. The summed E-state index contributed by atoms with van der Waals surface area (Å²) in [6.07, 6.45) is 1.76. The Balaban J connectivity index is 1.66. The van der Waals surface area contributed by atoms with Gasteiger partial charge in [0.2, 0.25) is 5.91 Å². The second kappa shape index (κ2) is 5.39. The quantitative estimate of drug-likeness (QED) is 0.709. The fourth-order valence-electron chi connectivity index (χ4n) is 3.12. The summed E-state index contributed by atoms with van der Waals surface area (Å²) in [5.74, 6) is 0.0659. The number of anilines is 1. The molecule has 1 aliphatic carbocycles. The molecule has 114 valence electrons. The van der Waals surface area contributed by atoms with E-state index in [1.165, 1.54) is 0 Å². The van der Waals surface area contributed by atoms with Gasteiger partial charge in [-0.15, -0.1) is 0 Å². The van der Waals surface area contributed by atoms with Gasteiger partial charge in [-0.2, -0.15) is 0 Å². The Morgan fingerprint density at radius 3 is 2.35 bits per heavy atom. The topological polar surface area (TPSA) is 29.1 Å². The lowest BCUT2D eigenvalue weighted by atomic mass is 9.94. The van der Waals surface area contributed by atoms with Crippen LogP contribution in [0.5, 0.6) is 0 Å². The van der Waals surface area contributed by atoms with Gasteiger partial charge in [-0.3, -0.25) is 4.79 Å². The highest BCUT2D eigenvalue weighted by Gasteiger charge is 2.51. The molecule has 0 heterocycles. The summed E-state index contributed by atoms with van der Waals surface area (Å²) < 4.78 is 0. The minimum absolute atomic E-state index is 0.0659. The van der Waals surface area contributed by atoms with Crippen molar-refractivity contribution in [3.63, 3.8) is 0 Å². The highest BCUT2D eigenvalue weighted by molar-refractivity contribution is 6.30. The van der Waals surface area contributed by atoms with Gasteiger partial charge in [0.15, 0.2) is 0 Å². The molecule has 23 heavy (non-hydrogen) atoms. The van der Waals surface area contributed by atoms with E-state index in [4.69, 9.17) is 11.6 Å². The van der Waals surface area contributed by atoms with E-state index in [-0.39, 0.29) is 5.91 Å². The summed E-state index contributed by atoms with van der Waals surface area (Å²) >= 11 is 5.96. The first-order valence-corrected chi connectivity index (χ1v) is 8.12. The van der Waals surface area contributed by atoms with Crippen molar-refractivity contribution in [3.8, 4) is 0 Å². The Hall–Kier alpha value is -2.32. The molecule has 1 saturated carbocycles. The Morgan fingerprint density at radius 2 is 1.61 bits per heavy atom. The molecule has 0 aromatic heterocycles. The van der Waals surface area contributed by atoms with E-state index in [9.17, 15) is 4.79 Å². The number of rotatable bonds is 3. The van der Waals surface area contributed by atoms with Crippen molar-refractivity contribution in [2.45, 2.75) is 18.3 Å². The Morgan fingerprint density at radius 1 is 0.913 bits per heavy atom. The number of fused-ring (bicyclic) bond motifs is 1. The van der Waals surface area contributed by atoms with Crippen molar-refractivity contribution >= 4 is 34.0 Å². The minimum Gasteiger partial charge on any atom is -0.325 e. The summed E-state index contributed by atoms with van der Waals surface area (Å²) in [5, 5.41) is 6.01. The van der Waals surface area contributed by atoms with Crippen molar-refractivity contribution in [2.75, 3.05) is 5.32 Å². The highest BCUT2D eigenvalue weighted by Crippen LogP contribution is 2.49. The Labute approximate surface area is 140 Å². The third-order valence-corrected chi connectivity index (χ3v) is 4.87. The van der Waals surface area contributed by atoms with Crippen LogP contribution >= 0.6 is 11.6 Å². The lowest BCUT2D eigenvalue weighted by Gasteiger charge is -2.17. The lowest BCUT2D eigenvalue weighted by Crippen LogP contribution is -2.27. The van der Waals surface area contributed by atoms with Gasteiger partial charge in [-0.05, 0) is 42.0 Å². The van der Waals surface area contributed by atoms with E-state index in [1.807, 2.05) is 54.6 Å². The average molecular weight is 322 g/mol. The van der Waals surface area contributed by atoms with E-state index >= 15 is 0 Å². The maximum absolute atomic E-state index is 12.9. The van der Waals surface area contributed by atoms with Gasteiger partial charge in [0.25, 0.3) is 0 Å². The van der Waals surface area contributed by atoms with Crippen LogP contribution in [0.2, 0.25) is 5.02 Å². The molecule has 3 aromatic rings. The normalized spacial score (nSPS) is 15.3. The highest BCUT2D eigenvalue weighted by atomic mass is 35.5. The summed E-state index contributed by atoms with van der Waals surface area (Å²) in [5.41, 5.74) is 1.51. The minimum atomic E-state index is -0.401. The third kappa shape index (κ3) is 2.49. The molecule has 0 spiro atoms. The van der Waals surface area contributed by atoms with Crippen LogP contribution in [0.25, 0.3) is 10.8 Å². The fraction of sp³-hybridized carbons (Fsp3) is 0.150. The first-order valence-electron chi connectivity index (χ1n) is 7.74. The molecule has 0 bridgehead atoms. The molecule has 1 fully saturated rings. The monoisotopic (exact) mass is 321 g/mol. The first kappa shape index (κ1) is 14.3. The maximum Gasteiger partial charge on any atom is 0.235 e. The van der Waals surface area contributed by atoms with Gasteiger partial charge in [-0.25, -0.2) is 0 Å². The number of carbonyl (C=O) groups excluding carboxylic acids is 1. The standard InChI is InChI=1S/C20H16ClNO/c21-16-10-8-15(9-11-16)20(12-13-20)19(23)22-18-7-3-5-14-4-1-2-6-17(14)18/h1-11H,12-13H2,(H,22,23).